The van der Waals surface area contributed by atoms with Gasteiger partial charge >= 0.3 is 0 Å². The number of methoxy groups -OCH3 is 1. The minimum absolute atomic E-state index is 0.0870. The maximum atomic E-state index is 13.7. The van der Waals surface area contributed by atoms with Crippen molar-refractivity contribution in [3.63, 3.8) is 0 Å². The molecule has 2 aromatic carbocycles. The summed E-state index contributed by atoms with van der Waals surface area (Å²) < 4.78 is 20.8. The molecular formula is C24H23FN4O3. The van der Waals surface area contributed by atoms with E-state index < -0.39 is 5.82 Å². The highest BCUT2D eigenvalue weighted by molar-refractivity contribution is 6.07. The van der Waals surface area contributed by atoms with Gasteiger partial charge in [-0.25, -0.2) is 9.37 Å². The van der Waals surface area contributed by atoms with Gasteiger partial charge < -0.3 is 19.6 Å². The van der Waals surface area contributed by atoms with Crippen LogP contribution in [0.4, 0.5) is 4.39 Å². The molecule has 2 heterocycles. The van der Waals surface area contributed by atoms with Crippen molar-refractivity contribution in [3.8, 4) is 16.9 Å². The topological polar surface area (TPSA) is 89.0 Å². The van der Waals surface area contributed by atoms with E-state index in [1.54, 1.807) is 30.1 Å². The molecule has 0 radical (unpaired) electrons. The molecule has 0 bridgehead atoms. The SMILES string of the molecule is COc1cc(F)ccc1-c1cc(C(=O)NCc2c(C)cc(C)[nH]c2=O)c2c(c1)ncn2C. The highest BCUT2D eigenvalue weighted by Crippen LogP contribution is 2.34. The number of aryl methyl sites for hydroxylation is 3. The van der Waals surface area contributed by atoms with Crippen LogP contribution in [-0.2, 0) is 13.6 Å². The Balaban J connectivity index is 1.76. The van der Waals surface area contributed by atoms with Crippen LogP contribution >= 0.6 is 0 Å². The molecular weight excluding hydrogens is 411 g/mol. The van der Waals surface area contributed by atoms with E-state index in [-0.39, 0.29) is 18.0 Å². The summed E-state index contributed by atoms with van der Waals surface area (Å²) in [4.78, 5) is 32.7. The highest BCUT2D eigenvalue weighted by atomic mass is 19.1. The van der Waals surface area contributed by atoms with Gasteiger partial charge in [-0.1, -0.05) is 0 Å². The first-order valence-electron chi connectivity index (χ1n) is 10.0. The number of imidazole rings is 1. The first kappa shape index (κ1) is 21.3. The molecule has 0 saturated carbocycles. The number of aromatic amines is 1. The quantitative estimate of drug-likeness (QED) is 0.502. The van der Waals surface area contributed by atoms with E-state index in [4.69, 9.17) is 4.74 Å². The van der Waals surface area contributed by atoms with E-state index in [2.05, 4.69) is 15.3 Å². The summed E-state index contributed by atoms with van der Waals surface area (Å²) in [5.74, 6) is -0.407. The van der Waals surface area contributed by atoms with E-state index in [1.807, 2.05) is 26.0 Å². The Hall–Kier alpha value is -3.94. The van der Waals surface area contributed by atoms with E-state index in [0.29, 0.717) is 39.0 Å². The fourth-order valence-corrected chi connectivity index (χ4v) is 3.89. The lowest BCUT2D eigenvalue weighted by atomic mass is 10.00. The third-order valence-corrected chi connectivity index (χ3v) is 5.45. The summed E-state index contributed by atoms with van der Waals surface area (Å²) in [5.41, 5.74) is 4.82. The zero-order chi connectivity index (χ0) is 23.0. The summed E-state index contributed by atoms with van der Waals surface area (Å²) >= 11 is 0. The molecule has 0 aliphatic rings. The number of hydrogen-bond donors (Lipinski definition) is 2. The molecule has 4 aromatic rings. The number of rotatable bonds is 5. The van der Waals surface area contributed by atoms with Gasteiger partial charge in [0.05, 0.1) is 30.0 Å². The number of nitrogens with one attached hydrogen (secondary N) is 2. The van der Waals surface area contributed by atoms with Gasteiger partial charge in [0.1, 0.15) is 11.6 Å². The van der Waals surface area contributed by atoms with Crippen LogP contribution in [0.3, 0.4) is 0 Å². The standard InChI is InChI=1S/C24H23FN4O3/c1-13-7-14(2)28-24(31)19(13)11-26-23(30)18-8-15(9-20-22(18)29(3)12-27-20)17-6-5-16(25)10-21(17)32-4/h5-10,12H,11H2,1-4H3,(H,26,30)(H,28,31). The normalized spacial score (nSPS) is 11.0. The molecule has 164 valence electrons. The molecule has 2 aromatic heterocycles. The molecule has 7 nitrogen and oxygen atoms in total. The van der Waals surface area contributed by atoms with Gasteiger partial charge in [0.25, 0.3) is 11.5 Å². The number of ether oxygens (including phenoxy) is 1. The van der Waals surface area contributed by atoms with Crippen molar-refractivity contribution in [1.82, 2.24) is 19.9 Å². The Kier molecular flexibility index (Phi) is 5.52. The Bertz CT molecular complexity index is 1400. The van der Waals surface area contributed by atoms with Crippen LogP contribution in [0.5, 0.6) is 5.75 Å². The van der Waals surface area contributed by atoms with Gasteiger partial charge in [-0.2, -0.15) is 0 Å². The van der Waals surface area contributed by atoms with E-state index in [1.165, 1.54) is 19.2 Å². The second-order valence-corrected chi connectivity index (χ2v) is 7.72. The molecule has 0 aliphatic heterocycles. The largest absolute Gasteiger partial charge is 0.496 e. The maximum Gasteiger partial charge on any atom is 0.253 e. The Morgan fingerprint density at radius 2 is 2.00 bits per heavy atom. The van der Waals surface area contributed by atoms with Crippen molar-refractivity contribution in [2.24, 2.45) is 7.05 Å². The smallest absolute Gasteiger partial charge is 0.253 e. The van der Waals surface area contributed by atoms with Gasteiger partial charge in [0.15, 0.2) is 0 Å². The molecule has 0 saturated heterocycles. The van der Waals surface area contributed by atoms with Crippen molar-refractivity contribution >= 4 is 16.9 Å². The minimum Gasteiger partial charge on any atom is -0.496 e. The first-order valence-corrected chi connectivity index (χ1v) is 10.0. The lowest BCUT2D eigenvalue weighted by Gasteiger charge is -2.13. The molecule has 0 unspecified atom stereocenters. The van der Waals surface area contributed by atoms with Gasteiger partial charge in [-0.3, -0.25) is 9.59 Å². The number of benzene rings is 2. The van der Waals surface area contributed by atoms with Crippen LogP contribution in [0.2, 0.25) is 0 Å². The van der Waals surface area contributed by atoms with Crippen LogP contribution in [0.1, 0.15) is 27.2 Å². The van der Waals surface area contributed by atoms with Crippen molar-refractivity contribution in [2.45, 2.75) is 20.4 Å². The Morgan fingerprint density at radius 1 is 1.22 bits per heavy atom. The summed E-state index contributed by atoms with van der Waals surface area (Å²) in [7, 11) is 3.27. The van der Waals surface area contributed by atoms with Crippen LogP contribution in [-0.4, -0.2) is 27.6 Å². The number of amides is 1. The molecule has 1 amide bonds. The highest BCUT2D eigenvalue weighted by Gasteiger charge is 2.18. The fraction of sp³-hybridized carbons (Fsp3) is 0.208. The molecule has 8 heteroatoms. The second kappa shape index (κ2) is 8.30. The average molecular weight is 434 g/mol. The van der Waals surface area contributed by atoms with Crippen LogP contribution in [0.15, 0.2) is 47.5 Å². The number of H-pyrrole nitrogens is 1. The van der Waals surface area contributed by atoms with Crippen LogP contribution < -0.4 is 15.6 Å². The maximum absolute atomic E-state index is 13.7. The van der Waals surface area contributed by atoms with E-state index >= 15 is 0 Å². The summed E-state index contributed by atoms with van der Waals surface area (Å²) in [6.07, 6.45) is 1.63. The summed E-state index contributed by atoms with van der Waals surface area (Å²) in [6.45, 7) is 3.74. The van der Waals surface area contributed by atoms with Gasteiger partial charge in [0.2, 0.25) is 0 Å². The molecule has 0 atom stereocenters. The predicted octanol–water partition coefficient (Wildman–Crippen LogP) is 3.62. The number of halogens is 1. The number of aromatic nitrogens is 3. The third kappa shape index (κ3) is 3.87. The molecule has 0 fully saturated rings. The Morgan fingerprint density at radius 3 is 2.72 bits per heavy atom. The molecule has 4 rings (SSSR count). The van der Waals surface area contributed by atoms with Gasteiger partial charge in [0, 0.05) is 36.5 Å². The minimum atomic E-state index is -0.416. The lowest BCUT2D eigenvalue weighted by molar-refractivity contribution is 0.0952. The van der Waals surface area contributed by atoms with Crippen LogP contribution in [0.25, 0.3) is 22.2 Å². The molecule has 32 heavy (non-hydrogen) atoms. The molecule has 0 aliphatic carbocycles. The van der Waals surface area contributed by atoms with Crippen molar-refractivity contribution in [2.75, 3.05) is 7.11 Å². The summed E-state index contributed by atoms with van der Waals surface area (Å²) in [6, 6.07) is 9.66. The fourth-order valence-electron chi connectivity index (χ4n) is 3.89. The average Bonchev–Trinajstić information content (AvgIpc) is 3.12. The number of carbonyl (C=O) groups excluding carboxylic acids is 1. The van der Waals surface area contributed by atoms with E-state index in [0.717, 1.165) is 11.3 Å². The lowest BCUT2D eigenvalue weighted by Crippen LogP contribution is -2.28. The predicted molar refractivity (Wildman–Crippen MR) is 120 cm³/mol. The second-order valence-electron chi connectivity index (χ2n) is 7.72. The zero-order valence-corrected chi connectivity index (χ0v) is 18.2. The van der Waals surface area contributed by atoms with E-state index in [9.17, 15) is 14.0 Å². The van der Waals surface area contributed by atoms with Gasteiger partial charge in [-0.05, 0) is 55.3 Å². The van der Waals surface area contributed by atoms with Crippen molar-refractivity contribution in [3.05, 3.63) is 81.3 Å². The molecule has 0 spiro atoms. The Labute approximate surface area is 183 Å². The van der Waals surface area contributed by atoms with Crippen LogP contribution in [0, 0.1) is 19.7 Å². The first-order chi connectivity index (χ1) is 15.3. The third-order valence-electron chi connectivity index (χ3n) is 5.45. The summed E-state index contributed by atoms with van der Waals surface area (Å²) in [5, 5.41) is 2.85. The number of hydrogen-bond acceptors (Lipinski definition) is 4. The van der Waals surface area contributed by atoms with Crippen molar-refractivity contribution < 1.29 is 13.9 Å². The van der Waals surface area contributed by atoms with Gasteiger partial charge in [-0.15, -0.1) is 0 Å². The number of carbonyl (C=O) groups is 1. The zero-order valence-electron chi connectivity index (χ0n) is 18.2. The molecule has 2 N–H and O–H groups in total. The van der Waals surface area contributed by atoms with Crippen molar-refractivity contribution in [1.29, 1.82) is 0 Å². The number of pyridine rings is 1. The monoisotopic (exact) mass is 434 g/mol. The number of fused-ring (bicyclic) bond motifs is 1. The number of nitrogens with zero attached hydrogens (tertiary/aromatic N) is 2.